The highest BCUT2D eigenvalue weighted by Gasteiger charge is 2.10. The largest absolute Gasteiger partial charge is 0.0953 e. The van der Waals surface area contributed by atoms with Crippen molar-refractivity contribution in [1.29, 1.82) is 0 Å². The second-order valence-electron chi connectivity index (χ2n) is 3.59. The van der Waals surface area contributed by atoms with Crippen molar-refractivity contribution >= 4 is 0 Å². The number of allylic oxidation sites excluding steroid dienone is 3. The fraction of sp³-hybridized carbons (Fsp3) is 0.600. The van der Waals surface area contributed by atoms with E-state index in [4.69, 9.17) is 0 Å². The Hall–Kier alpha value is -0.520. The van der Waals surface area contributed by atoms with E-state index in [2.05, 4.69) is 46.4 Å². The predicted molar refractivity (Wildman–Crippen MR) is 48.0 cm³/mol. The summed E-state index contributed by atoms with van der Waals surface area (Å²) in [4.78, 5) is 0. The average molecular weight is 138 g/mol. The Morgan fingerprint density at radius 1 is 1.40 bits per heavy atom. The number of hydrogen-bond donors (Lipinski definition) is 0. The first-order chi connectivity index (χ1) is 4.48. The lowest BCUT2D eigenvalue weighted by atomic mass is 9.87. The minimum absolute atomic E-state index is 0.228. The maximum atomic E-state index is 3.98. The molecule has 0 aromatic carbocycles. The van der Waals surface area contributed by atoms with Crippen molar-refractivity contribution in [2.75, 3.05) is 0 Å². The average Bonchev–Trinajstić information content (AvgIpc) is 1.80. The van der Waals surface area contributed by atoms with Gasteiger partial charge in [-0.1, -0.05) is 52.0 Å². The standard InChI is InChI=1S/C10H18/c1-6-7-8-9(2)10(3,4)5/h7-8H,2,6H2,1,3-5H3/b8-7-. The van der Waals surface area contributed by atoms with E-state index >= 15 is 0 Å². The van der Waals surface area contributed by atoms with Crippen molar-refractivity contribution in [1.82, 2.24) is 0 Å². The molecule has 0 radical (unpaired) electrons. The summed E-state index contributed by atoms with van der Waals surface area (Å²) >= 11 is 0. The Kier molecular flexibility index (Phi) is 3.41. The molecule has 0 aliphatic heterocycles. The quantitative estimate of drug-likeness (QED) is 0.512. The molecule has 0 aromatic rings. The predicted octanol–water partition coefficient (Wildman–Crippen LogP) is 3.55. The third kappa shape index (κ3) is 3.49. The first-order valence-corrected chi connectivity index (χ1v) is 3.84. The van der Waals surface area contributed by atoms with Crippen LogP contribution in [0.1, 0.15) is 34.1 Å². The molecule has 0 amide bonds. The highest BCUT2D eigenvalue weighted by molar-refractivity contribution is 5.20. The van der Waals surface area contributed by atoms with Gasteiger partial charge in [0, 0.05) is 0 Å². The Balaban J connectivity index is 3.98. The molecule has 0 aliphatic carbocycles. The fourth-order valence-electron chi connectivity index (χ4n) is 0.510. The lowest BCUT2D eigenvalue weighted by Crippen LogP contribution is -2.05. The Morgan fingerprint density at radius 2 is 1.90 bits per heavy atom. The molecule has 0 fully saturated rings. The summed E-state index contributed by atoms with van der Waals surface area (Å²) in [6.07, 6.45) is 5.35. The Morgan fingerprint density at radius 3 is 2.20 bits per heavy atom. The minimum Gasteiger partial charge on any atom is -0.0953 e. The van der Waals surface area contributed by atoms with Gasteiger partial charge >= 0.3 is 0 Å². The molecule has 0 N–H and O–H groups in total. The highest BCUT2D eigenvalue weighted by Crippen LogP contribution is 2.24. The highest BCUT2D eigenvalue weighted by atomic mass is 14.2. The topological polar surface area (TPSA) is 0 Å². The lowest BCUT2D eigenvalue weighted by molar-refractivity contribution is 0.519. The summed E-state index contributed by atoms with van der Waals surface area (Å²) in [6.45, 7) is 12.6. The molecule has 10 heavy (non-hydrogen) atoms. The molecule has 0 aromatic heterocycles. The van der Waals surface area contributed by atoms with Gasteiger partial charge in [0.2, 0.25) is 0 Å². The summed E-state index contributed by atoms with van der Waals surface area (Å²) in [5.74, 6) is 0. The Labute approximate surface area is 64.6 Å². The molecule has 0 rings (SSSR count). The molecule has 0 atom stereocenters. The summed E-state index contributed by atoms with van der Waals surface area (Å²) in [7, 11) is 0. The van der Waals surface area contributed by atoms with E-state index in [0.717, 1.165) is 6.42 Å². The number of rotatable bonds is 2. The van der Waals surface area contributed by atoms with Crippen LogP contribution >= 0.6 is 0 Å². The zero-order chi connectivity index (χ0) is 8.20. The van der Waals surface area contributed by atoms with Crippen molar-refractivity contribution in [3.05, 3.63) is 24.3 Å². The smallest absolute Gasteiger partial charge is 0.0138 e. The van der Waals surface area contributed by atoms with Crippen LogP contribution in [0.2, 0.25) is 0 Å². The van der Waals surface area contributed by atoms with Crippen molar-refractivity contribution in [3.63, 3.8) is 0 Å². The van der Waals surface area contributed by atoms with Gasteiger partial charge in [0.1, 0.15) is 0 Å². The maximum absolute atomic E-state index is 3.98. The number of hydrogen-bond acceptors (Lipinski definition) is 0. The molecule has 0 nitrogen and oxygen atoms in total. The van der Waals surface area contributed by atoms with Gasteiger partial charge in [0.15, 0.2) is 0 Å². The third-order valence-corrected chi connectivity index (χ3v) is 1.52. The third-order valence-electron chi connectivity index (χ3n) is 1.52. The van der Waals surface area contributed by atoms with E-state index in [1.807, 2.05) is 0 Å². The second-order valence-corrected chi connectivity index (χ2v) is 3.59. The van der Waals surface area contributed by atoms with Crippen LogP contribution in [0.15, 0.2) is 24.3 Å². The van der Waals surface area contributed by atoms with Gasteiger partial charge in [-0.2, -0.15) is 0 Å². The summed E-state index contributed by atoms with van der Waals surface area (Å²) in [5.41, 5.74) is 1.43. The van der Waals surface area contributed by atoms with Crippen LogP contribution in [0, 0.1) is 5.41 Å². The molecular weight excluding hydrogens is 120 g/mol. The van der Waals surface area contributed by atoms with Crippen molar-refractivity contribution < 1.29 is 0 Å². The lowest BCUT2D eigenvalue weighted by Gasteiger charge is -2.18. The van der Waals surface area contributed by atoms with E-state index in [0.29, 0.717) is 0 Å². The minimum atomic E-state index is 0.228. The van der Waals surface area contributed by atoms with Crippen LogP contribution in [0.5, 0.6) is 0 Å². The van der Waals surface area contributed by atoms with Crippen LogP contribution in [0.3, 0.4) is 0 Å². The van der Waals surface area contributed by atoms with Gasteiger partial charge in [-0.05, 0) is 11.8 Å². The SMILES string of the molecule is C=C(/C=C\CC)C(C)(C)C. The van der Waals surface area contributed by atoms with Crippen LogP contribution in [-0.2, 0) is 0 Å². The van der Waals surface area contributed by atoms with E-state index < -0.39 is 0 Å². The van der Waals surface area contributed by atoms with Gasteiger partial charge in [-0.15, -0.1) is 0 Å². The first-order valence-electron chi connectivity index (χ1n) is 3.84. The molecule has 0 saturated heterocycles. The maximum Gasteiger partial charge on any atom is -0.0138 e. The van der Waals surface area contributed by atoms with Crippen molar-refractivity contribution in [2.24, 2.45) is 5.41 Å². The monoisotopic (exact) mass is 138 g/mol. The van der Waals surface area contributed by atoms with E-state index in [9.17, 15) is 0 Å². The molecule has 0 saturated carbocycles. The van der Waals surface area contributed by atoms with Gasteiger partial charge < -0.3 is 0 Å². The first kappa shape index (κ1) is 9.48. The van der Waals surface area contributed by atoms with Crippen LogP contribution < -0.4 is 0 Å². The van der Waals surface area contributed by atoms with Crippen LogP contribution in [0.4, 0.5) is 0 Å². The van der Waals surface area contributed by atoms with Crippen molar-refractivity contribution in [3.8, 4) is 0 Å². The van der Waals surface area contributed by atoms with Gasteiger partial charge in [-0.25, -0.2) is 0 Å². The van der Waals surface area contributed by atoms with E-state index in [1.165, 1.54) is 5.57 Å². The zero-order valence-corrected chi connectivity index (χ0v) is 7.57. The Bertz CT molecular complexity index is 133. The molecule has 58 valence electrons. The normalized spacial score (nSPS) is 12.4. The van der Waals surface area contributed by atoms with Crippen molar-refractivity contribution in [2.45, 2.75) is 34.1 Å². The van der Waals surface area contributed by atoms with Crippen LogP contribution in [-0.4, -0.2) is 0 Å². The molecule has 0 unspecified atom stereocenters. The summed E-state index contributed by atoms with van der Waals surface area (Å²) in [6, 6.07) is 0. The van der Waals surface area contributed by atoms with Gasteiger partial charge in [-0.3, -0.25) is 0 Å². The van der Waals surface area contributed by atoms with E-state index in [1.54, 1.807) is 0 Å². The zero-order valence-electron chi connectivity index (χ0n) is 7.57. The molecular formula is C10H18. The summed E-state index contributed by atoms with van der Waals surface area (Å²) < 4.78 is 0. The summed E-state index contributed by atoms with van der Waals surface area (Å²) in [5, 5.41) is 0. The molecule has 0 heteroatoms. The molecule has 0 bridgehead atoms. The molecule has 0 aliphatic rings. The van der Waals surface area contributed by atoms with Crippen LogP contribution in [0.25, 0.3) is 0 Å². The van der Waals surface area contributed by atoms with E-state index in [-0.39, 0.29) is 5.41 Å². The second kappa shape index (κ2) is 3.60. The van der Waals surface area contributed by atoms with Gasteiger partial charge in [0.05, 0.1) is 0 Å². The molecule has 0 heterocycles. The molecule has 0 spiro atoms. The fourth-order valence-corrected chi connectivity index (χ4v) is 0.510. The van der Waals surface area contributed by atoms with Gasteiger partial charge in [0.25, 0.3) is 0 Å².